The monoisotopic (exact) mass is 148 g/mol. The number of quaternary nitrogens is 1. The Labute approximate surface area is 62.8 Å². The molecule has 0 aromatic carbocycles. The van der Waals surface area contributed by atoms with Crippen LogP contribution in [-0.4, -0.2) is 32.6 Å². The number of rotatable bonds is 5. The zero-order valence-corrected chi connectivity index (χ0v) is 7.55. The van der Waals surface area contributed by atoms with E-state index in [2.05, 4.69) is 20.4 Å². The molecule has 0 saturated carbocycles. The van der Waals surface area contributed by atoms with Crippen molar-refractivity contribution in [2.24, 2.45) is 0 Å². The van der Waals surface area contributed by atoms with Crippen LogP contribution in [0.4, 0.5) is 0 Å². The van der Waals surface area contributed by atoms with Gasteiger partial charge in [-0.05, 0) is 24.9 Å². The highest BCUT2D eigenvalue weighted by molar-refractivity contribution is 7.98. The van der Waals surface area contributed by atoms with Gasteiger partial charge in [-0.25, -0.2) is 0 Å². The average Bonchev–Trinajstić information content (AvgIpc) is 1.80. The van der Waals surface area contributed by atoms with E-state index in [0.29, 0.717) is 0 Å². The van der Waals surface area contributed by atoms with Crippen molar-refractivity contribution in [3.05, 3.63) is 0 Å². The van der Waals surface area contributed by atoms with Crippen LogP contribution in [0, 0.1) is 0 Å². The summed E-state index contributed by atoms with van der Waals surface area (Å²) < 4.78 is 0. The van der Waals surface area contributed by atoms with E-state index < -0.39 is 0 Å². The summed E-state index contributed by atoms with van der Waals surface area (Å²) in [5.74, 6) is 1.33. The Morgan fingerprint density at radius 1 is 1.22 bits per heavy atom. The maximum Gasteiger partial charge on any atom is 0.0767 e. The first-order valence-corrected chi connectivity index (χ1v) is 4.94. The zero-order chi connectivity index (χ0) is 7.11. The fraction of sp³-hybridized carbons (Fsp3) is 1.00. The maximum atomic E-state index is 2.21. The standard InChI is InChI=1S/C7H17NS/c1-8(2)6-4-5-7-9-3/h4-7H2,1-3H3/p+1. The van der Waals surface area contributed by atoms with Gasteiger partial charge in [-0.15, -0.1) is 0 Å². The molecule has 1 N–H and O–H groups in total. The number of nitrogens with one attached hydrogen (secondary N) is 1. The summed E-state index contributed by atoms with van der Waals surface area (Å²) in [7, 11) is 4.41. The molecule has 0 aliphatic heterocycles. The highest BCUT2D eigenvalue weighted by atomic mass is 32.2. The zero-order valence-electron chi connectivity index (χ0n) is 6.74. The Morgan fingerprint density at radius 2 is 1.89 bits per heavy atom. The third-order valence-electron chi connectivity index (χ3n) is 1.28. The van der Waals surface area contributed by atoms with Crippen molar-refractivity contribution in [2.45, 2.75) is 12.8 Å². The van der Waals surface area contributed by atoms with Crippen molar-refractivity contribution in [2.75, 3.05) is 32.6 Å². The molecule has 0 spiro atoms. The smallest absolute Gasteiger partial charge is 0.0767 e. The Balaban J connectivity index is 2.75. The summed E-state index contributed by atoms with van der Waals surface area (Å²) in [5, 5.41) is 0. The van der Waals surface area contributed by atoms with Gasteiger partial charge < -0.3 is 4.90 Å². The molecular formula is C7H18NS+. The summed E-state index contributed by atoms with van der Waals surface area (Å²) in [6.45, 7) is 1.32. The quantitative estimate of drug-likeness (QED) is 0.549. The van der Waals surface area contributed by atoms with Crippen LogP contribution in [0.1, 0.15) is 12.8 Å². The lowest BCUT2D eigenvalue weighted by Gasteiger charge is -2.04. The molecule has 9 heavy (non-hydrogen) atoms. The predicted octanol–water partition coefficient (Wildman–Crippen LogP) is 0.274. The van der Waals surface area contributed by atoms with Gasteiger partial charge in [0.15, 0.2) is 0 Å². The molecule has 0 atom stereocenters. The molecule has 1 nitrogen and oxygen atoms in total. The molecular weight excluding hydrogens is 130 g/mol. The molecule has 0 aromatic heterocycles. The van der Waals surface area contributed by atoms with Crippen molar-refractivity contribution in [3.8, 4) is 0 Å². The van der Waals surface area contributed by atoms with E-state index >= 15 is 0 Å². The average molecular weight is 148 g/mol. The van der Waals surface area contributed by atoms with E-state index in [1.807, 2.05) is 11.8 Å². The van der Waals surface area contributed by atoms with Gasteiger partial charge in [0.25, 0.3) is 0 Å². The van der Waals surface area contributed by atoms with Crippen LogP contribution >= 0.6 is 11.8 Å². The van der Waals surface area contributed by atoms with Crippen molar-refractivity contribution < 1.29 is 4.90 Å². The molecule has 56 valence electrons. The Kier molecular flexibility index (Phi) is 6.65. The number of thioether (sulfide) groups is 1. The summed E-state index contributed by atoms with van der Waals surface area (Å²) in [5.41, 5.74) is 0. The second-order valence-electron chi connectivity index (χ2n) is 2.66. The minimum Gasteiger partial charge on any atom is -0.340 e. The highest BCUT2D eigenvalue weighted by Gasteiger charge is 1.91. The molecule has 0 rings (SSSR count). The van der Waals surface area contributed by atoms with Gasteiger partial charge in [-0.3, -0.25) is 0 Å². The molecule has 0 unspecified atom stereocenters. The Bertz CT molecular complexity index is 54.9. The fourth-order valence-corrected chi connectivity index (χ4v) is 1.22. The minimum absolute atomic E-state index is 1.32. The summed E-state index contributed by atoms with van der Waals surface area (Å²) in [4.78, 5) is 1.57. The molecule has 0 saturated heterocycles. The van der Waals surface area contributed by atoms with Crippen molar-refractivity contribution in [1.29, 1.82) is 0 Å². The number of hydrogen-bond acceptors (Lipinski definition) is 1. The Hall–Kier alpha value is 0.310. The van der Waals surface area contributed by atoms with Crippen LogP contribution in [0.15, 0.2) is 0 Å². The van der Waals surface area contributed by atoms with Gasteiger partial charge in [0.1, 0.15) is 0 Å². The van der Waals surface area contributed by atoms with Crippen LogP contribution < -0.4 is 4.90 Å². The first-order chi connectivity index (χ1) is 4.27. The number of hydrogen-bond donors (Lipinski definition) is 1. The molecule has 0 aliphatic carbocycles. The summed E-state index contributed by atoms with van der Waals surface area (Å²) in [6, 6.07) is 0. The van der Waals surface area contributed by atoms with Gasteiger partial charge >= 0.3 is 0 Å². The second-order valence-corrected chi connectivity index (χ2v) is 3.64. The van der Waals surface area contributed by atoms with Crippen LogP contribution in [-0.2, 0) is 0 Å². The fourth-order valence-electron chi connectivity index (χ4n) is 0.725. The third kappa shape index (κ3) is 8.31. The number of unbranched alkanes of at least 4 members (excludes halogenated alkanes) is 1. The van der Waals surface area contributed by atoms with Gasteiger partial charge in [0, 0.05) is 0 Å². The predicted molar refractivity (Wildman–Crippen MR) is 45.3 cm³/mol. The van der Waals surface area contributed by atoms with Crippen LogP contribution in [0.5, 0.6) is 0 Å². The first-order valence-electron chi connectivity index (χ1n) is 3.55. The Morgan fingerprint density at radius 3 is 2.33 bits per heavy atom. The lowest BCUT2D eigenvalue weighted by molar-refractivity contribution is -0.858. The molecule has 0 fully saturated rings. The maximum absolute atomic E-state index is 2.21. The molecule has 2 heteroatoms. The largest absolute Gasteiger partial charge is 0.340 e. The van der Waals surface area contributed by atoms with Gasteiger partial charge in [-0.2, -0.15) is 11.8 Å². The first kappa shape index (κ1) is 9.31. The lowest BCUT2D eigenvalue weighted by Crippen LogP contribution is -3.05. The molecule has 0 radical (unpaired) electrons. The van der Waals surface area contributed by atoms with Gasteiger partial charge in [-0.1, -0.05) is 0 Å². The van der Waals surface area contributed by atoms with Crippen LogP contribution in [0.2, 0.25) is 0 Å². The van der Waals surface area contributed by atoms with Crippen molar-refractivity contribution in [1.82, 2.24) is 0 Å². The van der Waals surface area contributed by atoms with E-state index in [-0.39, 0.29) is 0 Å². The van der Waals surface area contributed by atoms with E-state index in [1.54, 1.807) is 4.90 Å². The van der Waals surface area contributed by atoms with E-state index in [1.165, 1.54) is 25.1 Å². The third-order valence-corrected chi connectivity index (χ3v) is 1.97. The van der Waals surface area contributed by atoms with Gasteiger partial charge in [0.2, 0.25) is 0 Å². The van der Waals surface area contributed by atoms with E-state index in [0.717, 1.165) is 0 Å². The SMILES string of the molecule is CSCCCC[NH+](C)C. The van der Waals surface area contributed by atoms with E-state index in [9.17, 15) is 0 Å². The highest BCUT2D eigenvalue weighted by Crippen LogP contribution is 1.96. The second kappa shape index (κ2) is 6.43. The molecule has 0 aromatic rings. The molecule has 0 aliphatic rings. The van der Waals surface area contributed by atoms with Crippen LogP contribution in [0.25, 0.3) is 0 Å². The normalized spacial score (nSPS) is 10.7. The topological polar surface area (TPSA) is 4.44 Å². The minimum atomic E-state index is 1.32. The van der Waals surface area contributed by atoms with Crippen molar-refractivity contribution >= 4 is 11.8 Å². The molecule has 0 amide bonds. The summed E-state index contributed by atoms with van der Waals surface area (Å²) in [6.07, 6.45) is 4.93. The van der Waals surface area contributed by atoms with Crippen LogP contribution in [0.3, 0.4) is 0 Å². The molecule has 0 bridgehead atoms. The van der Waals surface area contributed by atoms with Gasteiger partial charge in [0.05, 0.1) is 20.6 Å². The summed E-state index contributed by atoms with van der Waals surface area (Å²) >= 11 is 1.94. The van der Waals surface area contributed by atoms with E-state index in [4.69, 9.17) is 0 Å². The lowest BCUT2D eigenvalue weighted by atomic mass is 10.3. The van der Waals surface area contributed by atoms with Crippen molar-refractivity contribution in [3.63, 3.8) is 0 Å². The molecule has 0 heterocycles.